The molecule has 0 aliphatic carbocycles. The molecule has 7 heteroatoms. The van der Waals surface area contributed by atoms with Gasteiger partial charge in [0.15, 0.2) is 0 Å². The van der Waals surface area contributed by atoms with Crippen LogP contribution in [0.5, 0.6) is 0 Å². The molecule has 22 heavy (non-hydrogen) atoms. The largest absolute Gasteiger partial charge is 0.395 e. The Labute approximate surface area is 131 Å². The van der Waals surface area contributed by atoms with Crippen molar-refractivity contribution in [2.24, 2.45) is 0 Å². The SMILES string of the molecule is CCc1ccccc1S(=O)(=O)N1[C@@H](CO)CN(C)C(=O)[C@@H]1C. The summed E-state index contributed by atoms with van der Waals surface area (Å²) in [5.74, 6) is -0.262. The Morgan fingerprint density at radius 3 is 2.55 bits per heavy atom. The van der Waals surface area contributed by atoms with Crippen LogP contribution in [0.15, 0.2) is 29.2 Å². The Morgan fingerprint density at radius 2 is 1.95 bits per heavy atom. The van der Waals surface area contributed by atoms with Crippen molar-refractivity contribution < 1.29 is 18.3 Å². The van der Waals surface area contributed by atoms with Crippen LogP contribution in [0.4, 0.5) is 0 Å². The molecule has 1 aromatic carbocycles. The Bertz CT molecular complexity index is 659. The van der Waals surface area contributed by atoms with E-state index < -0.39 is 22.1 Å². The maximum atomic E-state index is 13.0. The van der Waals surface area contributed by atoms with Crippen molar-refractivity contribution in [2.45, 2.75) is 37.2 Å². The van der Waals surface area contributed by atoms with Crippen molar-refractivity contribution in [1.29, 1.82) is 0 Å². The van der Waals surface area contributed by atoms with Crippen LogP contribution in [0.1, 0.15) is 19.4 Å². The zero-order valence-electron chi connectivity index (χ0n) is 13.1. The van der Waals surface area contributed by atoms with Crippen LogP contribution in [0.3, 0.4) is 0 Å². The van der Waals surface area contributed by atoms with Crippen LogP contribution in [0, 0.1) is 0 Å². The van der Waals surface area contributed by atoms with Gasteiger partial charge in [-0.2, -0.15) is 4.31 Å². The van der Waals surface area contributed by atoms with Crippen molar-refractivity contribution in [1.82, 2.24) is 9.21 Å². The van der Waals surface area contributed by atoms with Crippen LogP contribution < -0.4 is 0 Å². The quantitative estimate of drug-likeness (QED) is 0.872. The third-order valence-electron chi connectivity index (χ3n) is 4.08. The number of carbonyl (C=O) groups is 1. The van der Waals surface area contributed by atoms with Gasteiger partial charge in [0.05, 0.1) is 17.5 Å². The molecule has 0 aromatic heterocycles. The number of hydrogen-bond donors (Lipinski definition) is 1. The first kappa shape index (κ1) is 16.9. The Kier molecular flexibility index (Phi) is 4.89. The normalized spacial score (nSPS) is 23.8. The summed E-state index contributed by atoms with van der Waals surface area (Å²) >= 11 is 0. The zero-order valence-corrected chi connectivity index (χ0v) is 13.9. The second-order valence-electron chi connectivity index (χ2n) is 5.53. The summed E-state index contributed by atoms with van der Waals surface area (Å²) in [4.78, 5) is 13.8. The first-order chi connectivity index (χ1) is 10.3. The van der Waals surface area contributed by atoms with Crippen molar-refractivity contribution in [3.8, 4) is 0 Å². The molecule has 122 valence electrons. The predicted octanol–water partition coefficient (Wildman–Crippen LogP) is 0.461. The smallest absolute Gasteiger partial charge is 0.244 e. The van der Waals surface area contributed by atoms with Crippen LogP contribution >= 0.6 is 0 Å². The maximum Gasteiger partial charge on any atom is 0.244 e. The van der Waals surface area contributed by atoms with E-state index in [9.17, 15) is 18.3 Å². The van der Waals surface area contributed by atoms with Gasteiger partial charge in [-0.15, -0.1) is 0 Å². The van der Waals surface area contributed by atoms with E-state index in [1.807, 2.05) is 6.92 Å². The number of hydrogen-bond acceptors (Lipinski definition) is 4. The number of carbonyl (C=O) groups excluding carboxylic acids is 1. The molecule has 1 aromatic rings. The van der Waals surface area contributed by atoms with E-state index in [1.165, 1.54) is 4.90 Å². The molecule has 1 fully saturated rings. The highest BCUT2D eigenvalue weighted by Gasteiger charge is 2.44. The summed E-state index contributed by atoms with van der Waals surface area (Å²) in [6.07, 6.45) is 0.579. The first-order valence-electron chi connectivity index (χ1n) is 7.31. The second kappa shape index (κ2) is 6.36. The minimum Gasteiger partial charge on any atom is -0.395 e. The summed E-state index contributed by atoms with van der Waals surface area (Å²) in [7, 11) is -2.23. The van der Waals surface area contributed by atoms with E-state index in [-0.39, 0.29) is 24.0 Å². The van der Waals surface area contributed by atoms with Crippen molar-refractivity contribution in [3.05, 3.63) is 29.8 Å². The molecular formula is C15H22N2O4S. The first-order valence-corrected chi connectivity index (χ1v) is 8.75. The summed E-state index contributed by atoms with van der Waals surface area (Å²) in [5.41, 5.74) is 0.706. The summed E-state index contributed by atoms with van der Waals surface area (Å²) < 4.78 is 27.2. The van der Waals surface area contributed by atoms with Crippen LogP contribution in [0.2, 0.25) is 0 Å². The van der Waals surface area contributed by atoms with Crippen molar-refractivity contribution in [2.75, 3.05) is 20.2 Å². The molecule has 0 unspecified atom stereocenters. The average molecular weight is 326 g/mol. The van der Waals surface area contributed by atoms with Gasteiger partial charge in [0.2, 0.25) is 15.9 Å². The number of amides is 1. The van der Waals surface area contributed by atoms with Crippen LogP contribution in [0.25, 0.3) is 0 Å². The lowest BCUT2D eigenvalue weighted by molar-refractivity contribution is -0.139. The molecule has 1 aliphatic heterocycles. The van der Waals surface area contributed by atoms with Gasteiger partial charge in [-0.3, -0.25) is 4.79 Å². The molecule has 0 radical (unpaired) electrons. The van der Waals surface area contributed by atoms with Crippen LogP contribution in [-0.4, -0.2) is 60.9 Å². The molecule has 1 amide bonds. The highest BCUT2D eigenvalue weighted by Crippen LogP contribution is 2.27. The van der Waals surface area contributed by atoms with Gasteiger partial charge in [-0.1, -0.05) is 25.1 Å². The highest BCUT2D eigenvalue weighted by molar-refractivity contribution is 7.89. The van der Waals surface area contributed by atoms with Gasteiger partial charge in [0, 0.05) is 13.6 Å². The topological polar surface area (TPSA) is 77.9 Å². The Balaban J connectivity index is 2.53. The van der Waals surface area contributed by atoms with Crippen LogP contribution in [-0.2, 0) is 21.2 Å². The fraction of sp³-hybridized carbons (Fsp3) is 0.533. The minimum absolute atomic E-state index is 0.188. The van der Waals surface area contributed by atoms with Gasteiger partial charge in [0.25, 0.3) is 0 Å². The number of aliphatic hydroxyl groups excluding tert-OH is 1. The van der Waals surface area contributed by atoms with E-state index in [0.29, 0.717) is 12.0 Å². The van der Waals surface area contributed by atoms with Gasteiger partial charge in [-0.25, -0.2) is 8.42 Å². The Morgan fingerprint density at radius 1 is 1.32 bits per heavy atom. The monoisotopic (exact) mass is 326 g/mol. The number of piperazine rings is 1. The van der Waals surface area contributed by atoms with E-state index in [4.69, 9.17) is 0 Å². The van der Waals surface area contributed by atoms with Gasteiger partial charge < -0.3 is 10.0 Å². The van der Waals surface area contributed by atoms with Crippen molar-refractivity contribution >= 4 is 15.9 Å². The zero-order chi connectivity index (χ0) is 16.5. The average Bonchev–Trinajstić information content (AvgIpc) is 2.51. The number of benzene rings is 1. The Hall–Kier alpha value is -1.44. The number of nitrogens with zero attached hydrogens (tertiary/aromatic N) is 2. The molecule has 2 rings (SSSR count). The molecule has 2 atom stereocenters. The molecule has 1 aliphatic rings. The molecule has 1 saturated heterocycles. The lowest BCUT2D eigenvalue weighted by atomic mass is 10.1. The van der Waals surface area contributed by atoms with Gasteiger partial charge in [-0.05, 0) is 25.0 Å². The number of aryl methyl sites for hydroxylation is 1. The fourth-order valence-corrected chi connectivity index (χ4v) is 4.99. The maximum absolute atomic E-state index is 13.0. The highest BCUT2D eigenvalue weighted by atomic mass is 32.2. The molecule has 0 bridgehead atoms. The number of rotatable bonds is 4. The summed E-state index contributed by atoms with van der Waals surface area (Å²) in [5, 5.41) is 9.58. The summed E-state index contributed by atoms with van der Waals surface area (Å²) in [6.45, 7) is 3.31. The fourth-order valence-electron chi connectivity index (χ4n) is 2.93. The summed E-state index contributed by atoms with van der Waals surface area (Å²) in [6, 6.07) is 5.32. The molecule has 1 N–H and O–H groups in total. The third kappa shape index (κ3) is 2.76. The van der Waals surface area contributed by atoms with E-state index in [0.717, 1.165) is 4.31 Å². The van der Waals surface area contributed by atoms with Gasteiger partial charge >= 0.3 is 0 Å². The number of aliphatic hydroxyl groups is 1. The minimum atomic E-state index is -3.85. The van der Waals surface area contributed by atoms with Gasteiger partial charge in [0.1, 0.15) is 6.04 Å². The standard InChI is InChI=1S/C15H22N2O4S/c1-4-12-7-5-6-8-14(12)22(20,21)17-11(2)15(19)16(3)9-13(17)10-18/h5-8,11,13,18H,4,9-10H2,1-3H3/t11-,13+/m0/s1. The van der Waals surface area contributed by atoms with E-state index in [2.05, 4.69) is 0 Å². The van der Waals surface area contributed by atoms with Crippen molar-refractivity contribution in [3.63, 3.8) is 0 Å². The molecule has 1 heterocycles. The predicted molar refractivity (Wildman–Crippen MR) is 82.8 cm³/mol. The third-order valence-corrected chi connectivity index (χ3v) is 6.20. The molecule has 0 saturated carbocycles. The molecule has 6 nitrogen and oxygen atoms in total. The second-order valence-corrected chi connectivity index (χ2v) is 7.34. The molecule has 0 spiro atoms. The van der Waals surface area contributed by atoms with E-state index >= 15 is 0 Å². The lowest BCUT2D eigenvalue weighted by Crippen LogP contribution is -2.62. The molecular weight excluding hydrogens is 304 g/mol. The van der Waals surface area contributed by atoms with E-state index in [1.54, 1.807) is 38.2 Å². The number of sulfonamides is 1. The lowest BCUT2D eigenvalue weighted by Gasteiger charge is -2.42. The number of likely N-dealkylation sites (N-methyl/N-ethyl adjacent to an activating group) is 1.